The lowest BCUT2D eigenvalue weighted by molar-refractivity contribution is -0.119. The molecule has 0 fully saturated rings. The van der Waals surface area contributed by atoms with Crippen LogP contribution in [0.25, 0.3) is 0 Å². The van der Waals surface area contributed by atoms with E-state index in [1.165, 1.54) is 49.5 Å². The van der Waals surface area contributed by atoms with E-state index in [0.717, 1.165) is 28.6 Å². The number of nitrogens with one attached hydrogen (secondary N) is 1. The van der Waals surface area contributed by atoms with Crippen LogP contribution in [0.2, 0.25) is 5.02 Å². The van der Waals surface area contributed by atoms with E-state index >= 15 is 0 Å². The molecule has 0 atom stereocenters. The first-order valence-corrected chi connectivity index (χ1v) is 11.2. The summed E-state index contributed by atoms with van der Waals surface area (Å²) in [4.78, 5) is 24.1. The Labute approximate surface area is 193 Å². The lowest BCUT2D eigenvalue weighted by atomic mass is 10.2. The highest BCUT2D eigenvalue weighted by molar-refractivity contribution is 7.92. The van der Waals surface area contributed by atoms with Crippen molar-refractivity contribution in [2.45, 2.75) is 4.90 Å². The zero-order chi connectivity index (χ0) is 24.2. The fourth-order valence-electron chi connectivity index (χ4n) is 2.74. The molecule has 0 heterocycles. The lowest BCUT2D eigenvalue weighted by Gasteiger charge is -2.20. The molecule has 0 aromatic heterocycles. The summed E-state index contributed by atoms with van der Waals surface area (Å²) in [5.41, 5.74) is 0.0966. The van der Waals surface area contributed by atoms with Crippen LogP contribution in [-0.4, -0.2) is 33.9 Å². The first-order valence-electron chi connectivity index (χ1n) is 9.34. The minimum atomic E-state index is -4.12. The van der Waals surface area contributed by atoms with Crippen LogP contribution in [0.4, 0.5) is 20.2 Å². The van der Waals surface area contributed by atoms with Crippen LogP contribution in [0.15, 0.2) is 71.6 Å². The molecule has 0 aliphatic rings. The van der Waals surface area contributed by atoms with Crippen LogP contribution in [0.5, 0.6) is 0 Å². The van der Waals surface area contributed by atoms with Crippen molar-refractivity contribution in [3.05, 3.63) is 89.0 Å². The fraction of sp³-hybridized carbons (Fsp3) is 0.0909. The second-order valence-electron chi connectivity index (χ2n) is 6.73. The van der Waals surface area contributed by atoms with Crippen molar-refractivity contribution in [1.82, 2.24) is 0 Å². The number of sulfonamides is 1. The zero-order valence-electron chi connectivity index (χ0n) is 17.1. The van der Waals surface area contributed by atoms with Crippen LogP contribution in [0.3, 0.4) is 0 Å². The van der Waals surface area contributed by atoms with E-state index in [0.29, 0.717) is 0 Å². The predicted octanol–water partition coefficient (Wildman–Crippen LogP) is 4.24. The van der Waals surface area contributed by atoms with Crippen LogP contribution < -0.4 is 9.62 Å². The van der Waals surface area contributed by atoms with Gasteiger partial charge in [0.1, 0.15) is 11.6 Å². The summed E-state index contributed by atoms with van der Waals surface area (Å²) >= 11 is 6.02. The number of nitrogens with zero attached hydrogens (tertiary/aromatic N) is 1. The van der Waals surface area contributed by atoms with Crippen LogP contribution >= 0.6 is 11.6 Å². The standard InChI is InChI=1S/C22H17ClF2N2O5S/c1-27(17-7-5-14(24)6-8-17)33(30,31)18-9-10-20(23)19(12-18)22(29)32-13-21(28)26-16-4-2-3-15(25)11-16/h2-12H,13H2,1H3,(H,26,28). The third-order valence-electron chi connectivity index (χ3n) is 4.45. The first kappa shape index (κ1) is 24.1. The van der Waals surface area contributed by atoms with Gasteiger partial charge in [-0.1, -0.05) is 17.7 Å². The lowest BCUT2D eigenvalue weighted by Crippen LogP contribution is -2.27. The van der Waals surface area contributed by atoms with Crippen molar-refractivity contribution < 1.29 is 31.5 Å². The van der Waals surface area contributed by atoms with Gasteiger partial charge in [0, 0.05) is 12.7 Å². The maximum absolute atomic E-state index is 13.2. The average molecular weight is 495 g/mol. The number of anilines is 2. The van der Waals surface area contributed by atoms with Gasteiger partial charge in [-0.25, -0.2) is 22.0 Å². The van der Waals surface area contributed by atoms with E-state index in [9.17, 15) is 26.8 Å². The third kappa shape index (κ3) is 5.85. The second-order valence-corrected chi connectivity index (χ2v) is 9.10. The minimum absolute atomic E-state index is 0.0890. The number of amides is 1. The van der Waals surface area contributed by atoms with Gasteiger partial charge in [-0.15, -0.1) is 0 Å². The van der Waals surface area contributed by atoms with E-state index in [1.807, 2.05) is 0 Å². The number of hydrogen-bond acceptors (Lipinski definition) is 5. The Hall–Kier alpha value is -3.50. The largest absolute Gasteiger partial charge is 0.452 e. The average Bonchev–Trinajstić information content (AvgIpc) is 2.77. The monoisotopic (exact) mass is 494 g/mol. The SMILES string of the molecule is CN(c1ccc(F)cc1)S(=O)(=O)c1ccc(Cl)c(C(=O)OCC(=O)Nc2cccc(F)c2)c1. The van der Waals surface area contributed by atoms with E-state index in [2.05, 4.69) is 5.32 Å². The van der Waals surface area contributed by atoms with E-state index in [4.69, 9.17) is 16.3 Å². The van der Waals surface area contributed by atoms with Crippen molar-refractivity contribution in [2.24, 2.45) is 0 Å². The molecule has 172 valence electrons. The molecule has 0 bridgehead atoms. The Bertz CT molecular complexity index is 1300. The maximum Gasteiger partial charge on any atom is 0.340 e. The number of carbonyl (C=O) groups excluding carboxylic acids is 2. The normalized spacial score (nSPS) is 11.0. The summed E-state index contributed by atoms with van der Waals surface area (Å²) in [6, 6.07) is 13.4. The van der Waals surface area contributed by atoms with Crippen molar-refractivity contribution >= 4 is 44.9 Å². The van der Waals surface area contributed by atoms with Gasteiger partial charge in [0.05, 0.1) is 21.2 Å². The number of rotatable bonds is 7. The molecule has 3 aromatic carbocycles. The highest BCUT2D eigenvalue weighted by atomic mass is 35.5. The third-order valence-corrected chi connectivity index (χ3v) is 6.56. The molecule has 0 spiro atoms. The quantitative estimate of drug-likeness (QED) is 0.496. The van der Waals surface area contributed by atoms with Gasteiger partial charge in [-0.05, 0) is 60.7 Å². The van der Waals surface area contributed by atoms with Crippen molar-refractivity contribution in [2.75, 3.05) is 23.3 Å². The van der Waals surface area contributed by atoms with Gasteiger partial charge in [0.25, 0.3) is 15.9 Å². The molecule has 3 rings (SSSR count). The number of hydrogen-bond donors (Lipinski definition) is 1. The van der Waals surface area contributed by atoms with E-state index in [1.54, 1.807) is 0 Å². The Balaban J connectivity index is 1.74. The topological polar surface area (TPSA) is 92.8 Å². The molecule has 0 unspecified atom stereocenters. The van der Waals surface area contributed by atoms with E-state index in [-0.39, 0.29) is 26.9 Å². The Morgan fingerprint density at radius 1 is 1.00 bits per heavy atom. The molecular formula is C22H17ClF2N2O5S. The molecule has 0 saturated heterocycles. The minimum Gasteiger partial charge on any atom is -0.452 e. The number of halogens is 3. The first-order chi connectivity index (χ1) is 15.6. The van der Waals surface area contributed by atoms with Crippen LogP contribution in [0.1, 0.15) is 10.4 Å². The smallest absolute Gasteiger partial charge is 0.340 e. The van der Waals surface area contributed by atoms with Gasteiger partial charge >= 0.3 is 5.97 Å². The maximum atomic E-state index is 13.2. The predicted molar refractivity (Wildman–Crippen MR) is 119 cm³/mol. The van der Waals surface area contributed by atoms with Gasteiger partial charge in [0.15, 0.2) is 6.61 Å². The summed E-state index contributed by atoms with van der Waals surface area (Å²) in [6.45, 7) is -0.710. The molecular weight excluding hydrogens is 478 g/mol. The zero-order valence-corrected chi connectivity index (χ0v) is 18.7. The van der Waals surface area contributed by atoms with Gasteiger partial charge in [0.2, 0.25) is 0 Å². The van der Waals surface area contributed by atoms with Crippen molar-refractivity contribution in [3.63, 3.8) is 0 Å². The van der Waals surface area contributed by atoms with Crippen LogP contribution in [0, 0.1) is 11.6 Å². The summed E-state index contributed by atoms with van der Waals surface area (Å²) in [7, 11) is -2.85. The Kier molecular flexibility index (Phi) is 7.29. The number of esters is 1. The van der Waals surface area contributed by atoms with Gasteiger partial charge < -0.3 is 10.1 Å². The molecule has 33 heavy (non-hydrogen) atoms. The number of ether oxygens (including phenoxy) is 1. The Morgan fingerprint density at radius 3 is 2.36 bits per heavy atom. The molecule has 0 radical (unpaired) electrons. The molecule has 0 aliphatic carbocycles. The number of carbonyl (C=O) groups is 2. The van der Waals surface area contributed by atoms with Crippen molar-refractivity contribution in [3.8, 4) is 0 Å². The van der Waals surface area contributed by atoms with E-state index < -0.39 is 40.1 Å². The van der Waals surface area contributed by atoms with Crippen molar-refractivity contribution in [1.29, 1.82) is 0 Å². The molecule has 11 heteroatoms. The molecule has 1 N–H and O–H groups in total. The van der Waals surface area contributed by atoms with Gasteiger partial charge in [-0.2, -0.15) is 0 Å². The van der Waals surface area contributed by atoms with Gasteiger partial charge in [-0.3, -0.25) is 9.10 Å². The summed E-state index contributed by atoms with van der Waals surface area (Å²) < 4.78 is 58.1. The molecule has 1 amide bonds. The summed E-state index contributed by atoms with van der Waals surface area (Å²) in [6.07, 6.45) is 0. The molecule has 0 saturated carbocycles. The number of benzene rings is 3. The summed E-state index contributed by atoms with van der Waals surface area (Å²) in [5, 5.41) is 2.27. The summed E-state index contributed by atoms with van der Waals surface area (Å²) in [5.74, 6) is -2.84. The molecule has 0 aliphatic heterocycles. The highest BCUT2D eigenvalue weighted by Crippen LogP contribution is 2.26. The fourth-order valence-corrected chi connectivity index (χ4v) is 4.16. The Morgan fingerprint density at radius 2 is 1.70 bits per heavy atom. The van der Waals surface area contributed by atoms with Crippen LogP contribution in [-0.2, 0) is 19.6 Å². The molecule has 3 aromatic rings. The second kappa shape index (κ2) is 9.97. The molecule has 7 nitrogen and oxygen atoms in total. The highest BCUT2D eigenvalue weighted by Gasteiger charge is 2.24.